The monoisotopic (exact) mass is 327 g/mol. The quantitative estimate of drug-likeness (QED) is 0.670. The summed E-state index contributed by atoms with van der Waals surface area (Å²) in [6, 6.07) is 0.538. The van der Waals surface area contributed by atoms with E-state index in [0.29, 0.717) is 31.5 Å². The number of carbonyl (C=O) groups excluding carboxylic acids is 2. The fourth-order valence-corrected chi connectivity index (χ4v) is 2.84. The zero-order valence-corrected chi connectivity index (χ0v) is 15.2. The topological polar surface area (TPSA) is 79.5 Å². The summed E-state index contributed by atoms with van der Waals surface area (Å²) in [6.07, 6.45) is 3.45. The zero-order chi connectivity index (χ0) is 17.5. The summed E-state index contributed by atoms with van der Waals surface area (Å²) in [5, 5.41) is 9.20. The van der Waals surface area contributed by atoms with Gasteiger partial charge in [0, 0.05) is 31.6 Å². The Kier molecular flexibility index (Phi) is 7.82. The van der Waals surface area contributed by atoms with Gasteiger partial charge in [0.05, 0.1) is 0 Å². The Bertz CT molecular complexity index is 391. The van der Waals surface area contributed by atoms with E-state index in [0.717, 1.165) is 19.3 Å². The summed E-state index contributed by atoms with van der Waals surface area (Å²) in [5.74, 6) is 0.476. The molecule has 0 saturated heterocycles. The van der Waals surface area contributed by atoms with Gasteiger partial charge in [-0.1, -0.05) is 6.42 Å². The van der Waals surface area contributed by atoms with Gasteiger partial charge in [-0.2, -0.15) is 0 Å². The third kappa shape index (κ3) is 8.79. The summed E-state index contributed by atoms with van der Waals surface area (Å²) >= 11 is 0. The highest BCUT2D eigenvalue weighted by Crippen LogP contribution is 2.25. The highest BCUT2D eigenvalue weighted by molar-refractivity contribution is 5.76. The first-order valence-corrected chi connectivity index (χ1v) is 8.67. The van der Waals surface area contributed by atoms with Gasteiger partial charge in [-0.3, -0.25) is 4.79 Å². The number of carbonyl (C=O) groups is 2. The van der Waals surface area contributed by atoms with Crippen molar-refractivity contribution in [1.82, 2.24) is 16.0 Å². The lowest BCUT2D eigenvalue weighted by atomic mass is 10.0. The molecule has 1 aliphatic rings. The van der Waals surface area contributed by atoms with Gasteiger partial charge < -0.3 is 20.7 Å². The molecule has 134 valence electrons. The average molecular weight is 327 g/mol. The van der Waals surface area contributed by atoms with Crippen molar-refractivity contribution in [2.24, 2.45) is 5.92 Å². The Morgan fingerprint density at radius 1 is 1.22 bits per heavy atom. The fourth-order valence-electron chi connectivity index (χ4n) is 2.84. The maximum absolute atomic E-state index is 11.7. The molecular formula is C17H33N3O3. The van der Waals surface area contributed by atoms with Gasteiger partial charge in [0.2, 0.25) is 5.91 Å². The van der Waals surface area contributed by atoms with E-state index < -0.39 is 5.60 Å². The van der Waals surface area contributed by atoms with Gasteiger partial charge in [0.25, 0.3) is 0 Å². The molecule has 0 aromatic rings. The minimum absolute atomic E-state index is 0.0777. The van der Waals surface area contributed by atoms with E-state index in [4.69, 9.17) is 4.74 Å². The Balaban J connectivity index is 2.26. The minimum atomic E-state index is -0.471. The molecule has 2 atom stereocenters. The van der Waals surface area contributed by atoms with Crippen molar-refractivity contribution in [2.45, 2.75) is 78.0 Å². The molecule has 3 N–H and O–H groups in total. The third-order valence-corrected chi connectivity index (χ3v) is 3.77. The maximum atomic E-state index is 11.7. The molecule has 23 heavy (non-hydrogen) atoms. The van der Waals surface area contributed by atoms with Crippen molar-refractivity contribution in [3.8, 4) is 0 Å². The number of alkyl carbamates (subject to hydrolysis) is 1. The molecule has 0 spiro atoms. The number of hydrogen-bond donors (Lipinski definition) is 3. The summed E-state index contributed by atoms with van der Waals surface area (Å²) in [6.45, 7) is 10.8. The van der Waals surface area contributed by atoms with Crippen LogP contribution in [0.3, 0.4) is 0 Å². The molecule has 2 amide bonds. The van der Waals surface area contributed by atoms with Crippen molar-refractivity contribution in [3.05, 3.63) is 0 Å². The van der Waals surface area contributed by atoms with Crippen LogP contribution in [-0.2, 0) is 9.53 Å². The Morgan fingerprint density at radius 2 is 1.91 bits per heavy atom. The highest BCUT2D eigenvalue weighted by Gasteiger charge is 2.27. The maximum Gasteiger partial charge on any atom is 0.407 e. The molecule has 1 saturated carbocycles. The van der Waals surface area contributed by atoms with E-state index in [2.05, 4.69) is 16.0 Å². The molecular weight excluding hydrogens is 294 g/mol. The molecule has 0 radical (unpaired) electrons. The first kappa shape index (κ1) is 19.7. The smallest absolute Gasteiger partial charge is 0.407 e. The molecule has 2 unspecified atom stereocenters. The highest BCUT2D eigenvalue weighted by atomic mass is 16.6. The van der Waals surface area contributed by atoms with Crippen LogP contribution in [0.2, 0.25) is 0 Å². The van der Waals surface area contributed by atoms with Crippen LogP contribution in [0.4, 0.5) is 4.79 Å². The van der Waals surface area contributed by atoms with Gasteiger partial charge in [-0.15, -0.1) is 0 Å². The second kappa shape index (κ2) is 9.11. The molecule has 0 bridgehead atoms. The van der Waals surface area contributed by atoms with Gasteiger partial charge in [-0.05, 0) is 53.4 Å². The lowest BCUT2D eigenvalue weighted by Crippen LogP contribution is -2.42. The SMILES string of the molecule is CC(C)NC(=O)CCNC1CCCC1CNC(=O)OC(C)(C)C. The molecule has 6 nitrogen and oxygen atoms in total. The number of hydrogen-bond acceptors (Lipinski definition) is 4. The molecule has 1 aliphatic carbocycles. The van der Waals surface area contributed by atoms with Gasteiger partial charge in [0.1, 0.15) is 5.60 Å². The van der Waals surface area contributed by atoms with Crippen molar-refractivity contribution in [1.29, 1.82) is 0 Å². The van der Waals surface area contributed by atoms with E-state index in [-0.39, 0.29) is 18.0 Å². The van der Waals surface area contributed by atoms with Crippen LogP contribution in [0, 0.1) is 5.92 Å². The third-order valence-electron chi connectivity index (χ3n) is 3.77. The van der Waals surface area contributed by atoms with Crippen LogP contribution >= 0.6 is 0 Å². The number of amides is 2. The summed E-state index contributed by atoms with van der Waals surface area (Å²) in [4.78, 5) is 23.4. The Labute approximate surface area is 140 Å². The second-order valence-electron chi connectivity index (χ2n) is 7.61. The average Bonchev–Trinajstić information content (AvgIpc) is 2.81. The molecule has 6 heteroatoms. The summed E-state index contributed by atoms with van der Waals surface area (Å²) in [7, 11) is 0. The lowest BCUT2D eigenvalue weighted by Gasteiger charge is -2.23. The van der Waals surface area contributed by atoms with Crippen LogP contribution < -0.4 is 16.0 Å². The molecule has 0 aliphatic heterocycles. The normalized spacial score (nSPS) is 21.3. The van der Waals surface area contributed by atoms with Gasteiger partial charge in [0.15, 0.2) is 0 Å². The Hall–Kier alpha value is -1.30. The van der Waals surface area contributed by atoms with Crippen molar-refractivity contribution < 1.29 is 14.3 Å². The standard InChI is InChI=1S/C17H33N3O3/c1-12(2)20-15(21)9-10-18-14-8-6-7-13(14)11-19-16(22)23-17(3,4)5/h12-14,18H,6-11H2,1-5H3,(H,19,22)(H,20,21). The number of nitrogens with one attached hydrogen (secondary N) is 3. The van der Waals surface area contributed by atoms with Crippen LogP contribution in [-0.4, -0.2) is 42.8 Å². The van der Waals surface area contributed by atoms with E-state index in [1.807, 2.05) is 34.6 Å². The first-order valence-electron chi connectivity index (χ1n) is 8.67. The molecule has 1 fully saturated rings. The molecule has 0 heterocycles. The molecule has 1 rings (SSSR count). The van der Waals surface area contributed by atoms with Gasteiger partial charge >= 0.3 is 6.09 Å². The van der Waals surface area contributed by atoms with Crippen LogP contribution in [0.5, 0.6) is 0 Å². The van der Waals surface area contributed by atoms with E-state index in [1.54, 1.807) is 0 Å². The first-order chi connectivity index (χ1) is 10.7. The van der Waals surface area contributed by atoms with Crippen molar-refractivity contribution in [3.63, 3.8) is 0 Å². The predicted molar refractivity (Wildman–Crippen MR) is 91.3 cm³/mol. The number of rotatable bonds is 7. The van der Waals surface area contributed by atoms with E-state index >= 15 is 0 Å². The molecule has 0 aromatic heterocycles. The van der Waals surface area contributed by atoms with Crippen LogP contribution in [0.25, 0.3) is 0 Å². The van der Waals surface area contributed by atoms with Crippen molar-refractivity contribution >= 4 is 12.0 Å². The zero-order valence-electron chi connectivity index (χ0n) is 15.2. The second-order valence-corrected chi connectivity index (χ2v) is 7.61. The lowest BCUT2D eigenvalue weighted by molar-refractivity contribution is -0.121. The van der Waals surface area contributed by atoms with Crippen LogP contribution in [0.1, 0.15) is 60.3 Å². The Morgan fingerprint density at radius 3 is 2.52 bits per heavy atom. The summed E-state index contributed by atoms with van der Waals surface area (Å²) < 4.78 is 5.26. The predicted octanol–water partition coefficient (Wildman–Crippen LogP) is 2.18. The largest absolute Gasteiger partial charge is 0.444 e. The van der Waals surface area contributed by atoms with E-state index in [1.165, 1.54) is 0 Å². The fraction of sp³-hybridized carbons (Fsp3) is 0.882. The van der Waals surface area contributed by atoms with E-state index in [9.17, 15) is 9.59 Å². The minimum Gasteiger partial charge on any atom is -0.444 e. The molecule has 0 aromatic carbocycles. The van der Waals surface area contributed by atoms with Crippen LogP contribution in [0.15, 0.2) is 0 Å². The van der Waals surface area contributed by atoms with Gasteiger partial charge in [-0.25, -0.2) is 4.79 Å². The summed E-state index contributed by atoms with van der Waals surface area (Å²) in [5.41, 5.74) is -0.471. The number of ether oxygens (including phenoxy) is 1. The van der Waals surface area contributed by atoms with Crippen molar-refractivity contribution in [2.75, 3.05) is 13.1 Å².